The highest BCUT2D eigenvalue weighted by atomic mass is 35.5. The molecule has 0 aliphatic carbocycles. The molecule has 1 saturated heterocycles. The minimum Gasteiger partial charge on any atom is -0.334 e. The molecule has 1 fully saturated rings. The molecule has 1 atom stereocenters. The van der Waals surface area contributed by atoms with Gasteiger partial charge in [0.15, 0.2) is 0 Å². The van der Waals surface area contributed by atoms with E-state index in [1.165, 1.54) is 0 Å². The fourth-order valence-corrected chi connectivity index (χ4v) is 3.06. The monoisotopic (exact) mass is 279 g/mol. The fourth-order valence-electron chi connectivity index (χ4n) is 2.74. The van der Waals surface area contributed by atoms with E-state index < -0.39 is 0 Å². The van der Waals surface area contributed by atoms with E-state index in [0.29, 0.717) is 5.88 Å². The summed E-state index contributed by atoms with van der Waals surface area (Å²) in [5.41, 5.74) is 1.91. The Morgan fingerprint density at radius 1 is 1.37 bits per heavy atom. The first-order valence-electron chi connectivity index (χ1n) is 6.91. The van der Waals surface area contributed by atoms with Crippen molar-refractivity contribution in [2.75, 3.05) is 12.4 Å². The van der Waals surface area contributed by atoms with Crippen LogP contribution in [-0.2, 0) is 5.41 Å². The summed E-state index contributed by atoms with van der Waals surface area (Å²) in [4.78, 5) is 14.7. The molecule has 1 amide bonds. The van der Waals surface area contributed by atoms with Gasteiger partial charge in [0.1, 0.15) is 0 Å². The van der Waals surface area contributed by atoms with Crippen LogP contribution in [0.1, 0.15) is 49.5 Å². The molecule has 1 aromatic rings. The maximum absolute atomic E-state index is 12.8. The van der Waals surface area contributed by atoms with Gasteiger partial charge in [0, 0.05) is 24.0 Å². The predicted molar refractivity (Wildman–Crippen MR) is 79.9 cm³/mol. The van der Waals surface area contributed by atoms with Gasteiger partial charge in [-0.15, -0.1) is 11.6 Å². The zero-order valence-corrected chi connectivity index (χ0v) is 12.7. The SMILES string of the molecule is CC(C)(C)c1ccccc1C(=O)N1CCCC1CCl. The largest absolute Gasteiger partial charge is 0.334 e. The molecule has 0 bridgehead atoms. The second-order valence-corrected chi connectivity index (χ2v) is 6.55. The molecule has 1 aliphatic rings. The summed E-state index contributed by atoms with van der Waals surface area (Å²) in [6.45, 7) is 7.25. The van der Waals surface area contributed by atoms with Crippen molar-refractivity contribution in [3.63, 3.8) is 0 Å². The van der Waals surface area contributed by atoms with Crippen molar-refractivity contribution < 1.29 is 4.79 Å². The van der Waals surface area contributed by atoms with Crippen molar-refractivity contribution >= 4 is 17.5 Å². The normalized spacial score (nSPS) is 19.8. The summed E-state index contributed by atoms with van der Waals surface area (Å²) < 4.78 is 0. The minimum atomic E-state index is -0.0254. The third-order valence-electron chi connectivity index (χ3n) is 3.78. The Hall–Kier alpha value is -1.02. The van der Waals surface area contributed by atoms with Crippen LogP contribution in [0.15, 0.2) is 24.3 Å². The molecule has 0 saturated carbocycles. The molecule has 0 radical (unpaired) electrons. The van der Waals surface area contributed by atoms with Gasteiger partial charge in [-0.25, -0.2) is 0 Å². The zero-order chi connectivity index (χ0) is 14.0. The van der Waals surface area contributed by atoms with Gasteiger partial charge in [-0.1, -0.05) is 39.0 Å². The molecule has 104 valence electrons. The Morgan fingerprint density at radius 3 is 2.68 bits per heavy atom. The third kappa shape index (κ3) is 2.94. The topological polar surface area (TPSA) is 20.3 Å². The van der Waals surface area contributed by atoms with Crippen LogP contribution in [0.3, 0.4) is 0 Å². The number of nitrogens with zero attached hydrogens (tertiary/aromatic N) is 1. The van der Waals surface area contributed by atoms with E-state index >= 15 is 0 Å². The molecule has 19 heavy (non-hydrogen) atoms. The van der Waals surface area contributed by atoms with Gasteiger partial charge in [0.25, 0.3) is 5.91 Å². The molecular weight excluding hydrogens is 258 g/mol. The zero-order valence-electron chi connectivity index (χ0n) is 11.9. The molecule has 2 nitrogen and oxygen atoms in total. The van der Waals surface area contributed by atoms with Crippen LogP contribution in [0.5, 0.6) is 0 Å². The average molecular weight is 280 g/mol. The van der Waals surface area contributed by atoms with Crippen LogP contribution < -0.4 is 0 Å². The first-order chi connectivity index (χ1) is 8.95. The van der Waals surface area contributed by atoms with Gasteiger partial charge in [-0.3, -0.25) is 4.79 Å². The molecule has 1 unspecified atom stereocenters. The lowest BCUT2D eigenvalue weighted by Gasteiger charge is -2.27. The van der Waals surface area contributed by atoms with E-state index in [1.807, 2.05) is 23.1 Å². The number of likely N-dealkylation sites (tertiary alicyclic amines) is 1. The number of halogens is 1. The van der Waals surface area contributed by atoms with Crippen molar-refractivity contribution in [3.8, 4) is 0 Å². The summed E-state index contributed by atoms with van der Waals surface area (Å²) in [5, 5.41) is 0. The van der Waals surface area contributed by atoms with Crippen molar-refractivity contribution in [1.82, 2.24) is 4.90 Å². The Bertz CT molecular complexity index is 464. The molecule has 1 aromatic carbocycles. The van der Waals surface area contributed by atoms with Crippen LogP contribution in [-0.4, -0.2) is 29.3 Å². The van der Waals surface area contributed by atoms with Crippen LogP contribution >= 0.6 is 11.6 Å². The van der Waals surface area contributed by atoms with Gasteiger partial charge in [-0.2, -0.15) is 0 Å². The van der Waals surface area contributed by atoms with Gasteiger partial charge < -0.3 is 4.90 Å². The van der Waals surface area contributed by atoms with Crippen LogP contribution in [0.2, 0.25) is 0 Å². The van der Waals surface area contributed by atoms with Gasteiger partial charge >= 0.3 is 0 Å². The number of carbonyl (C=O) groups is 1. The summed E-state index contributed by atoms with van der Waals surface area (Å²) >= 11 is 5.97. The summed E-state index contributed by atoms with van der Waals surface area (Å²) in [7, 11) is 0. The number of alkyl halides is 1. The second-order valence-electron chi connectivity index (χ2n) is 6.24. The number of amides is 1. The van der Waals surface area contributed by atoms with E-state index in [4.69, 9.17) is 11.6 Å². The summed E-state index contributed by atoms with van der Waals surface area (Å²) in [6, 6.07) is 8.13. The highest BCUT2D eigenvalue weighted by molar-refractivity contribution is 6.18. The maximum Gasteiger partial charge on any atom is 0.254 e. The molecular formula is C16H22ClNO. The van der Waals surface area contributed by atoms with Crippen LogP contribution in [0, 0.1) is 0 Å². The van der Waals surface area contributed by atoms with E-state index in [0.717, 1.165) is 30.5 Å². The Balaban J connectivity index is 2.34. The van der Waals surface area contributed by atoms with E-state index in [1.54, 1.807) is 0 Å². The first-order valence-corrected chi connectivity index (χ1v) is 7.45. The van der Waals surface area contributed by atoms with Gasteiger partial charge in [0.2, 0.25) is 0 Å². The lowest BCUT2D eigenvalue weighted by atomic mass is 9.83. The number of hydrogen-bond acceptors (Lipinski definition) is 1. The van der Waals surface area contributed by atoms with Crippen molar-refractivity contribution in [2.24, 2.45) is 0 Å². The number of rotatable bonds is 2. The minimum absolute atomic E-state index is 0.0254. The highest BCUT2D eigenvalue weighted by Crippen LogP contribution is 2.29. The number of hydrogen-bond donors (Lipinski definition) is 0. The lowest BCUT2D eigenvalue weighted by molar-refractivity contribution is 0.0746. The third-order valence-corrected chi connectivity index (χ3v) is 4.14. The molecule has 1 heterocycles. The van der Waals surface area contributed by atoms with E-state index in [2.05, 4.69) is 26.8 Å². The smallest absolute Gasteiger partial charge is 0.254 e. The van der Waals surface area contributed by atoms with Crippen molar-refractivity contribution in [1.29, 1.82) is 0 Å². The Labute approximate surface area is 120 Å². The summed E-state index contributed by atoms with van der Waals surface area (Å²) in [5.74, 6) is 0.664. The molecule has 0 aromatic heterocycles. The van der Waals surface area contributed by atoms with Gasteiger partial charge in [-0.05, 0) is 29.9 Å². The molecule has 3 heteroatoms. The highest BCUT2D eigenvalue weighted by Gasteiger charge is 2.31. The average Bonchev–Trinajstić information content (AvgIpc) is 2.85. The molecule has 2 rings (SSSR count). The Morgan fingerprint density at radius 2 is 2.05 bits per heavy atom. The summed E-state index contributed by atoms with van der Waals surface area (Å²) in [6.07, 6.45) is 2.08. The number of carbonyl (C=O) groups excluding carboxylic acids is 1. The maximum atomic E-state index is 12.8. The van der Waals surface area contributed by atoms with Crippen LogP contribution in [0.25, 0.3) is 0 Å². The molecule has 0 N–H and O–H groups in total. The van der Waals surface area contributed by atoms with E-state index in [-0.39, 0.29) is 17.4 Å². The van der Waals surface area contributed by atoms with Crippen molar-refractivity contribution in [2.45, 2.75) is 45.1 Å². The van der Waals surface area contributed by atoms with Gasteiger partial charge in [0.05, 0.1) is 0 Å². The first kappa shape index (κ1) is 14.4. The Kier molecular flexibility index (Phi) is 4.19. The van der Waals surface area contributed by atoms with Crippen LogP contribution in [0.4, 0.5) is 0 Å². The van der Waals surface area contributed by atoms with E-state index in [9.17, 15) is 4.79 Å². The lowest BCUT2D eigenvalue weighted by Crippen LogP contribution is -2.37. The molecule has 0 spiro atoms. The second kappa shape index (κ2) is 5.54. The quantitative estimate of drug-likeness (QED) is 0.754. The van der Waals surface area contributed by atoms with Crippen molar-refractivity contribution in [3.05, 3.63) is 35.4 Å². The predicted octanol–water partition coefficient (Wildman–Crippen LogP) is 3.83. The number of benzene rings is 1. The fraction of sp³-hybridized carbons (Fsp3) is 0.562. The standard InChI is InChI=1S/C16H22ClNO/c1-16(2,3)14-9-5-4-8-13(14)15(19)18-10-6-7-12(18)11-17/h4-5,8-9,12H,6-7,10-11H2,1-3H3. The molecule has 1 aliphatic heterocycles.